The van der Waals surface area contributed by atoms with Gasteiger partial charge in [0.15, 0.2) is 0 Å². The molecule has 0 heterocycles. The topological polar surface area (TPSA) is 12.0 Å². The molecule has 1 N–H and O–H groups in total. The molecule has 0 fully saturated rings. The minimum Gasteiger partial charge on any atom is -0.312 e. The lowest BCUT2D eigenvalue weighted by Crippen LogP contribution is -2.36. The van der Waals surface area contributed by atoms with Crippen LogP contribution < -0.4 is 5.32 Å². The second-order valence-corrected chi connectivity index (χ2v) is 6.00. The minimum absolute atomic E-state index is 0.249. The summed E-state index contributed by atoms with van der Waals surface area (Å²) in [6, 6.07) is 6.58. The van der Waals surface area contributed by atoms with Gasteiger partial charge in [-0.05, 0) is 77.1 Å². The first-order chi connectivity index (χ1) is 7.90. The van der Waals surface area contributed by atoms with Crippen molar-refractivity contribution in [3.05, 3.63) is 34.9 Å². The van der Waals surface area contributed by atoms with Crippen molar-refractivity contribution in [3.63, 3.8) is 0 Å². The Morgan fingerprint density at radius 2 is 1.59 bits per heavy atom. The first-order valence-corrected chi connectivity index (χ1v) is 6.70. The van der Waals surface area contributed by atoms with Gasteiger partial charge in [-0.2, -0.15) is 0 Å². The van der Waals surface area contributed by atoms with Crippen LogP contribution >= 0.6 is 0 Å². The maximum atomic E-state index is 3.54. The van der Waals surface area contributed by atoms with Crippen molar-refractivity contribution < 1.29 is 0 Å². The molecule has 0 aliphatic rings. The van der Waals surface area contributed by atoms with Crippen molar-refractivity contribution in [2.45, 2.75) is 59.4 Å². The van der Waals surface area contributed by atoms with Crippen LogP contribution in [0, 0.1) is 13.8 Å². The zero-order valence-corrected chi connectivity index (χ0v) is 12.1. The number of aryl methyl sites for hydroxylation is 2. The van der Waals surface area contributed by atoms with Crippen molar-refractivity contribution in [2.24, 2.45) is 0 Å². The zero-order valence-electron chi connectivity index (χ0n) is 12.1. The Kier molecular flexibility index (Phi) is 5.20. The molecule has 96 valence electrons. The molecule has 0 saturated carbocycles. The maximum Gasteiger partial charge on any atom is 0.00965 e. The third kappa shape index (κ3) is 5.36. The van der Waals surface area contributed by atoms with E-state index in [0.29, 0.717) is 0 Å². The molecule has 0 unspecified atom stereocenters. The van der Waals surface area contributed by atoms with Crippen LogP contribution in [0.1, 0.15) is 50.3 Å². The van der Waals surface area contributed by atoms with Crippen LogP contribution in [0.3, 0.4) is 0 Å². The van der Waals surface area contributed by atoms with E-state index < -0.39 is 0 Å². The SMILES string of the molecule is Cc1cccc(C)c1CCCCNC(C)(C)C. The predicted octanol–water partition coefficient (Wildman–Crippen LogP) is 4.01. The van der Waals surface area contributed by atoms with E-state index in [1.165, 1.54) is 30.4 Å². The van der Waals surface area contributed by atoms with Gasteiger partial charge in [0.2, 0.25) is 0 Å². The van der Waals surface area contributed by atoms with Crippen molar-refractivity contribution in [2.75, 3.05) is 6.54 Å². The third-order valence-corrected chi connectivity index (χ3v) is 3.15. The normalized spacial score (nSPS) is 11.8. The quantitative estimate of drug-likeness (QED) is 0.758. The Bertz CT molecular complexity index is 327. The fraction of sp³-hybridized carbons (Fsp3) is 0.625. The Labute approximate surface area is 107 Å². The zero-order chi connectivity index (χ0) is 12.9. The largest absolute Gasteiger partial charge is 0.312 e. The van der Waals surface area contributed by atoms with Crippen LogP contribution in [0.15, 0.2) is 18.2 Å². The van der Waals surface area contributed by atoms with Gasteiger partial charge >= 0.3 is 0 Å². The highest BCUT2D eigenvalue weighted by Crippen LogP contribution is 2.15. The average molecular weight is 233 g/mol. The second-order valence-electron chi connectivity index (χ2n) is 6.00. The number of hydrogen-bond donors (Lipinski definition) is 1. The Morgan fingerprint density at radius 3 is 2.12 bits per heavy atom. The Balaban J connectivity index is 2.32. The number of hydrogen-bond acceptors (Lipinski definition) is 1. The number of benzene rings is 1. The molecule has 17 heavy (non-hydrogen) atoms. The molecule has 1 aromatic carbocycles. The van der Waals surface area contributed by atoms with Gasteiger partial charge in [-0.25, -0.2) is 0 Å². The van der Waals surface area contributed by atoms with Gasteiger partial charge < -0.3 is 5.32 Å². The van der Waals surface area contributed by atoms with Crippen LogP contribution in [0.4, 0.5) is 0 Å². The summed E-state index contributed by atoms with van der Waals surface area (Å²) in [6.45, 7) is 12.2. The molecule has 0 saturated heterocycles. The molecule has 0 spiro atoms. The van der Waals surface area contributed by atoms with Crippen molar-refractivity contribution in [1.29, 1.82) is 0 Å². The van der Waals surface area contributed by atoms with Gasteiger partial charge in [0, 0.05) is 5.54 Å². The highest BCUT2D eigenvalue weighted by atomic mass is 14.9. The highest BCUT2D eigenvalue weighted by molar-refractivity contribution is 5.33. The van der Waals surface area contributed by atoms with Gasteiger partial charge in [-0.15, -0.1) is 0 Å². The summed E-state index contributed by atoms with van der Waals surface area (Å²) >= 11 is 0. The molecule has 0 radical (unpaired) electrons. The van der Waals surface area contributed by atoms with Crippen molar-refractivity contribution in [3.8, 4) is 0 Å². The Morgan fingerprint density at radius 1 is 1.00 bits per heavy atom. The average Bonchev–Trinajstić information content (AvgIpc) is 2.20. The number of unbranched alkanes of at least 4 members (excludes halogenated alkanes) is 1. The van der Waals surface area contributed by atoms with E-state index >= 15 is 0 Å². The standard InChI is InChI=1S/C16H27N/c1-13-9-8-10-14(2)15(13)11-6-7-12-17-16(3,4)5/h8-10,17H,6-7,11-12H2,1-5H3. The Hall–Kier alpha value is -0.820. The maximum absolute atomic E-state index is 3.54. The third-order valence-electron chi connectivity index (χ3n) is 3.15. The molecule has 0 aliphatic heterocycles. The van der Waals surface area contributed by atoms with Gasteiger partial charge in [-0.1, -0.05) is 18.2 Å². The lowest BCUT2D eigenvalue weighted by atomic mass is 9.98. The van der Waals surface area contributed by atoms with Gasteiger partial charge in [-0.3, -0.25) is 0 Å². The van der Waals surface area contributed by atoms with Crippen LogP contribution in [0.5, 0.6) is 0 Å². The van der Waals surface area contributed by atoms with E-state index in [-0.39, 0.29) is 5.54 Å². The summed E-state index contributed by atoms with van der Waals surface area (Å²) in [5.41, 5.74) is 4.67. The van der Waals surface area contributed by atoms with E-state index in [2.05, 4.69) is 58.1 Å². The summed E-state index contributed by atoms with van der Waals surface area (Å²) in [5, 5.41) is 3.54. The molecule has 0 amide bonds. The predicted molar refractivity (Wildman–Crippen MR) is 76.6 cm³/mol. The molecule has 1 heteroatoms. The number of rotatable bonds is 5. The molecule has 0 atom stereocenters. The summed E-state index contributed by atoms with van der Waals surface area (Å²) < 4.78 is 0. The first-order valence-electron chi connectivity index (χ1n) is 6.70. The fourth-order valence-electron chi connectivity index (χ4n) is 2.13. The summed E-state index contributed by atoms with van der Waals surface area (Å²) in [7, 11) is 0. The van der Waals surface area contributed by atoms with E-state index in [9.17, 15) is 0 Å². The van der Waals surface area contributed by atoms with Gasteiger partial charge in [0.1, 0.15) is 0 Å². The van der Waals surface area contributed by atoms with Gasteiger partial charge in [0.25, 0.3) is 0 Å². The van der Waals surface area contributed by atoms with Crippen LogP contribution in [-0.4, -0.2) is 12.1 Å². The summed E-state index contributed by atoms with van der Waals surface area (Å²) in [4.78, 5) is 0. The van der Waals surface area contributed by atoms with E-state index in [4.69, 9.17) is 0 Å². The molecule has 0 bridgehead atoms. The van der Waals surface area contributed by atoms with Crippen LogP contribution in [0.2, 0.25) is 0 Å². The van der Waals surface area contributed by atoms with E-state index in [1.807, 2.05) is 0 Å². The second kappa shape index (κ2) is 6.20. The fourth-order valence-corrected chi connectivity index (χ4v) is 2.13. The molecular formula is C16H27N. The lowest BCUT2D eigenvalue weighted by molar-refractivity contribution is 0.419. The van der Waals surface area contributed by atoms with Crippen LogP contribution in [-0.2, 0) is 6.42 Å². The molecular weight excluding hydrogens is 206 g/mol. The molecule has 0 aromatic heterocycles. The molecule has 1 nitrogen and oxygen atoms in total. The summed E-state index contributed by atoms with van der Waals surface area (Å²) in [5.74, 6) is 0. The van der Waals surface area contributed by atoms with Crippen LogP contribution in [0.25, 0.3) is 0 Å². The smallest absolute Gasteiger partial charge is 0.00965 e. The number of nitrogens with one attached hydrogen (secondary N) is 1. The lowest BCUT2D eigenvalue weighted by Gasteiger charge is -2.20. The molecule has 1 aromatic rings. The highest BCUT2D eigenvalue weighted by Gasteiger charge is 2.07. The van der Waals surface area contributed by atoms with E-state index in [1.54, 1.807) is 5.56 Å². The molecule has 1 rings (SSSR count). The van der Waals surface area contributed by atoms with Gasteiger partial charge in [0.05, 0.1) is 0 Å². The minimum atomic E-state index is 0.249. The van der Waals surface area contributed by atoms with Crippen molar-refractivity contribution in [1.82, 2.24) is 5.32 Å². The van der Waals surface area contributed by atoms with Crippen molar-refractivity contribution >= 4 is 0 Å². The van der Waals surface area contributed by atoms with E-state index in [0.717, 1.165) is 6.54 Å². The first kappa shape index (κ1) is 14.2. The summed E-state index contributed by atoms with van der Waals surface area (Å²) in [6.07, 6.45) is 3.74. The molecule has 0 aliphatic carbocycles. The monoisotopic (exact) mass is 233 g/mol.